The number of aliphatic hydroxyl groups is 2. The summed E-state index contributed by atoms with van der Waals surface area (Å²) in [4.78, 5) is 28.1. The van der Waals surface area contributed by atoms with Crippen LogP contribution in [0.25, 0.3) is 0 Å². The Bertz CT molecular complexity index is 1090. The molecule has 2 aromatic carbocycles. The van der Waals surface area contributed by atoms with Gasteiger partial charge in [0.25, 0.3) is 0 Å². The molecule has 8 heteroatoms. The Kier molecular flexibility index (Phi) is 9.07. The van der Waals surface area contributed by atoms with Crippen LogP contribution >= 0.6 is 0 Å². The van der Waals surface area contributed by atoms with Gasteiger partial charge in [-0.05, 0) is 62.6 Å². The first-order valence-electron chi connectivity index (χ1n) is 13.7. The molecule has 1 aliphatic heterocycles. The van der Waals surface area contributed by atoms with Crippen molar-refractivity contribution in [2.75, 3.05) is 19.6 Å². The average molecular weight is 523 g/mol. The monoisotopic (exact) mass is 522 g/mol. The second-order valence-corrected chi connectivity index (χ2v) is 11.7. The Morgan fingerprint density at radius 3 is 2.55 bits per heavy atom. The van der Waals surface area contributed by atoms with E-state index in [0.29, 0.717) is 32.4 Å². The van der Waals surface area contributed by atoms with Crippen molar-refractivity contribution in [3.63, 3.8) is 0 Å². The van der Waals surface area contributed by atoms with Crippen molar-refractivity contribution in [1.82, 2.24) is 20.9 Å². The van der Waals surface area contributed by atoms with Crippen LogP contribution in [-0.2, 0) is 17.6 Å². The molecule has 0 radical (unpaired) electrons. The van der Waals surface area contributed by atoms with Crippen molar-refractivity contribution in [2.24, 2.45) is 5.92 Å². The summed E-state index contributed by atoms with van der Waals surface area (Å²) in [5, 5.41) is 30.9. The zero-order valence-electron chi connectivity index (χ0n) is 22.7. The van der Waals surface area contributed by atoms with Crippen molar-refractivity contribution >= 4 is 11.9 Å². The van der Waals surface area contributed by atoms with Gasteiger partial charge in [-0.1, -0.05) is 54.6 Å². The number of fused-ring (bicyclic) bond motifs is 1. The fraction of sp³-hybridized carbons (Fsp3) is 0.533. The molecule has 5 atom stereocenters. The van der Waals surface area contributed by atoms with Gasteiger partial charge in [-0.3, -0.25) is 4.79 Å². The number of nitrogens with zero attached hydrogens (tertiary/aromatic N) is 1. The van der Waals surface area contributed by atoms with Gasteiger partial charge in [0.1, 0.15) is 6.10 Å². The molecular weight excluding hydrogens is 480 g/mol. The second kappa shape index (κ2) is 12.3. The number of carbonyl (C=O) groups excluding carboxylic acids is 2. The van der Waals surface area contributed by atoms with Crippen LogP contribution in [0.15, 0.2) is 54.6 Å². The first-order chi connectivity index (χ1) is 18.1. The van der Waals surface area contributed by atoms with E-state index >= 15 is 0 Å². The largest absolute Gasteiger partial charge is 0.390 e. The summed E-state index contributed by atoms with van der Waals surface area (Å²) in [7, 11) is 0. The van der Waals surface area contributed by atoms with Crippen LogP contribution in [0.5, 0.6) is 0 Å². The number of benzene rings is 2. The van der Waals surface area contributed by atoms with E-state index in [1.807, 2.05) is 68.1 Å². The molecule has 4 rings (SSSR count). The number of nitrogens with one attached hydrogen (secondary N) is 3. The highest BCUT2D eigenvalue weighted by Gasteiger charge is 2.35. The smallest absolute Gasteiger partial charge is 0.318 e. The SMILES string of the molecule is CC(C)(C)NC(=O)N1CCNC[C@@H]1CC(Cc1ccccc1)CC(O)C(=O)N[C@H]1c2ccccc2C[C@@H]1O. The molecule has 2 unspecified atom stereocenters. The van der Waals surface area contributed by atoms with Crippen LogP contribution in [0, 0.1) is 5.92 Å². The third-order valence-electron chi connectivity index (χ3n) is 7.43. The summed E-state index contributed by atoms with van der Waals surface area (Å²) >= 11 is 0. The lowest BCUT2D eigenvalue weighted by atomic mass is 9.87. The Morgan fingerprint density at radius 1 is 1.11 bits per heavy atom. The van der Waals surface area contributed by atoms with Gasteiger partial charge in [-0.15, -0.1) is 0 Å². The number of piperazine rings is 1. The average Bonchev–Trinajstić information content (AvgIpc) is 3.18. The van der Waals surface area contributed by atoms with Gasteiger partial charge in [0.2, 0.25) is 5.91 Å². The molecule has 1 fully saturated rings. The minimum atomic E-state index is -1.22. The Morgan fingerprint density at radius 2 is 1.82 bits per heavy atom. The number of amides is 3. The van der Waals surface area contributed by atoms with E-state index in [9.17, 15) is 19.8 Å². The Labute approximate surface area is 225 Å². The van der Waals surface area contributed by atoms with E-state index in [0.717, 1.165) is 23.2 Å². The molecule has 0 bridgehead atoms. The molecule has 206 valence electrons. The van der Waals surface area contributed by atoms with Gasteiger partial charge in [0.05, 0.1) is 12.1 Å². The molecule has 0 saturated carbocycles. The van der Waals surface area contributed by atoms with Crippen LogP contribution in [0.3, 0.4) is 0 Å². The molecule has 3 amide bonds. The van der Waals surface area contributed by atoms with Crippen LogP contribution in [0.1, 0.15) is 56.3 Å². The fourth-order valence-corrected chi connectivity index (χ4v) is 5.65. The molecule has 1 heterocycles. The standard InChI is InChI=1S/C30H42N4O4/c1-30(2,3)33-29(38)34-14-13-31-19-23(34)16-21(15-20-9-5-4-6-10-20)17-26(36)28(37)32-27-24-12-8-7-11-22(24)18-25(27)35/h4-12,21,23,25-27,31,35-36H,13-19H2,1-3H3,(H,32,37)(H,33,38)/t21?,23-,25-,26?,27-/m0/s1. The molecular formula is C30H42N4O4. The van der Waals surface area contributed by atoms with E-state index < -0.39 is 24.2 Å². The summed E-state index contributed by atoms with van der Waals surface area (Å²) in [5.41, 5.74) is 2.70. The van der Waals surface area contributed by atoms with Crippen LogP contribution in [-0.4, -0.2) is 70.5 Å². The first-order valence-corrected chi connectivity index (χ1v) is 13.7. The van der Waals surface area contributed by atoms with E-state index in [4.69, 9.17) is 0 Å². The Hall–Kier alpha value is -2.94. The number of carbonyl (C=O) groups is 2. The van der Waals surface area contributed by atoms with Gasteiger partial charge in [0, 0.05) is 37.6 Å². The summed E-state index contributed by atoms with van der Waals surface area (Å²) < 4.78 is 0. The lowest BCUT2D eigenvalue weighted by Gasteiger charge is -2.39. The highest BCUT2D eigenvalue weighted by molar-refractivity contribution is 5.81. The van der Waals surface area contributed by atoms with E-state index in [1.165, 1.54) is 0 Å². The predicted octanol–water partition coefficient (Wildman–Crippen LogP) is 2.54. The number of rotatable bonds is 8. The Balaban J connectivity index is 1.45. The lowest BCUT2D eigenvalue weighted by Crippen LogP contribution is -2.59. The van der Waals surface area contributed by atoms with Crippen molar-refractivity contribution in [3.8, 4) is 0 Å². The third-order valence-corrected chi connectivity index (χ3v) is 7.43. The van der Waals surface area contributed by atoms with E-state index in [-0.39, 0.29) is 30.0 Å². The lowest BCUT2D eigenvalue weighted by molar-refractivity contribution is -0.131. The second-order valence-electron chi connectivity index (χ2n) is 11.7. The van der Waals surface area contributed by atoms with Gasteiger partial charge in [-0.2, -0.15) is 0 Å². The van der Waals surface area contributed by atoms with Gasteiger partial charge >= 0.3 is 6.03 Å². The number of hydrogen-bond acceptors (Lipinski definition) is 5. The fourth-order valence-electron chi connectivity index (χ4n) is 5.65. The van der Waals surface area contributed by atoms with Gasteiger partial charge < -0.3 is 31.1 Å². The summed E-state index contributed by atoms with van der Waals surface area (Å²) in [6.07, 6.45) is 0.138. The van der Waals surface area contributed by atoms with Crippen LogP contribution < -0.4 is 16.0 Å². The summed E-state index contributed by atoms with van der Waals surface area (Å²) in [6.45, 7) is 7.90. The quantitative estimate of drug-likeness (QED) is 0.366. The third kappa shape index (κ3) is 7.34. The topological polar surface area (TPSA) is 114 Å². The minimum absolute atomic E-state index is 0.0335. The van der Waals surface area contributed by atoms with Crippen molar-refractivity contribution < 1.29 is 19.8 Å². The van der Waals surface area contributed by atoms with Crippen molar-refractivity contribution in [3.05, 3.63) is 71.3 Å². The predicted molar refractivity (Wildman–Crippen MR) is 148 cm³/mol. The molecule has 0 spiro atoms. The molecule has 38 heavy (non-hydrogen) atoms. The van der Waals surface area contributed by atoms with Crippen LogP contribution in [0.4, 0.5) is 4.79 Å². The zero-order chi connectivity index (χ0) is 27.3. The first kappa shape index (κ1) is 28.1. The highest BCUT2D eigenvalue weighted by atomic mass is 16.3. The normalized spacial score (nSPS) is 22.9. The molecule has 5 N–H and O–H groups in total. The van der Waals surface area contributed by atoms with Gasteiger partial charge in [-0.25, -0.2) is 4.79 Å². The molecule has 8 nitrogen and oxygen atoms in total. The highest BCUT2D eigenvalue weighted by Crippen LogP contribution is 2.31. The molecule has 1 aliphatic carbocycles. The van der Waals surface area contributed by atoms with Crippen LogP contribution in [0.2, 0.25) is 0 Å². The van der Waals surface area contributed by atoms with Gasteiger partial charge in [0.15, 0.2) is 0 Å². The zero-order valence-corrected chi connectivity index (χ0v) is 22.7. The summed E-state index contributed by atoms with van der Waals surface area (Å²) in [5.74, 6) is -0.512. The summed E-state index contributed by atoms with van der Waals surface area (Å²) in [6, 6.07) is 17.0. The molecule has 1 saturated heterocycles. The number of aliphatic hydroxyl groups excluding tert-OH is 2. The molecule has 0 aromatic heterocycles. The number of urea groups is 1. The van der Waals surface area contributed by atoms with Crippen molar-refractivity contribution in [2.45, 2.75) is 76.3 Å². The maximum atomic E-state index is 13.1. The number of hydrogen-bond donors (Lipinski definition) is 5. The maximum absolute atomic E-state index is 13.1. The minimum Gasteiger partial charge on any atom is -0.390 e. The van der Waals surface area contributed by atoms with Crippen molar-refractivity contribution in [1.29, 1.82) is 0 Å². The van der Waals surface area contributed by atoms with E-state index in [2.05, 4.69) is 28.1 Å². The maximum Gasteiger partial charge on any atom is 0.318 e. The molecule has 2 aromatic rings. The molecule has 2 aliphatic rings. The van der Waals surface area contributed by atoms with E-state index in [1.54, 1.807) is 0 Å².